The highest BCUT2D eigenvalue weighted by Gasteiger charge is 2.20. The lowest BCUT2D eigenvalue weighted by atomic mass is 10.1. The van der Waals surface area contributed by atoms with Gasteiger partial charge in [-0.3, -0.25) is 0 Å². The summed E-state index contributed by atoms with van der Waals surface area (Å²) in [6.45, 7) is 0.783. The van der Waals surface area contributed by atoms with Crippen LogP contribution in [0.15, 0.2) is 0 Å². The largest absolute Gasteiger partial charge is 0.351 e. The van der Waals surface area contributed by atoms with E-state index in [0.29, 0.717) is 13.0 Å². The Balaban J connectivity index is 2.39. The molecule has 1 unspecified atom stereocenters. The highest BCUT2D eigenvalue weighted by atomic mass is 19.1. The van der Waals surface area contributed by atoms with E-state index >= 15 is 0 Å². The monoisotopic (exact) mass is 146 g/mol. The summed E-state index contributed by atoms with van der Waals surface area (Å²) in [4.78, 5) is 11.8. The molecule has 0 saturated carbocycles. The Morgan fingerprint density at radius 3 is 2.80 bits per heavy atom. The summed E-state index contributed by atoms with van der Waals surface area (Å²) in [6.07, 6.45) is 0.412. The molecular formula is C6H11FN2O. The predicted octanol–water partition coefficient (Wildman–Crippen LogP) is 0.499. The minimum Gasteiger partial charge on any atom is -0.351 e. The molecule has 0 aromatic heterocycles. The van der Waals surface area contributed by atoms with E-state index < -0.39 is 12.2 Å². The zero-order valence-corrected chi connectivity index (χ0v) is 5.72. The van der Waals surface area contributed by atoms with Crippen LogP contribution in [0.2, 0.25) is 0 Å². The average molecular weight is 146 g/mol. The van der Waals surface area contributed by atoms with Crippen molar-refractivity contribution in [2.24, 2.45) is 5.73 Å². The zero-order valence-electron chi connectivity index (χ0n) is 5.72. The SMILES string of the molecule is NC(=O)N1CCCC(F)C1. The van der Waals surface area contributed by atoms with Crippen LogP contribution in [0.25, 0.3) is 0 Å². The standard InChI is InChI=1S/C6H11FN2O/c7-5-2-1-3-9(4-5)6(8)10/h5H,1-4H2,(H2,8,10). The average Bonchev–Trinajstić information content (AvgIpc) is 1.88. The quantitative estimate of drug-likeness (QED) is 0.531. The van der Waals surface area contributed by atoms with E-state index in [-0.39, 0.29) is 6.54 Å². The van der Waals surface area contributed by atoms with Crippen molar-refractivity contribution in [3.05, 3.63) is 0 Å². The van der Waals surface area contributed by atoms with Gasteiger partial charge in [0.25, 0.3) is 0 Å². The fraction of sp³-hybridized carbons (Fsp3) is 0.833. The Morgan fingerprint density at radius 2 is 2.40 bits per heavy atom. The number of urea groups is 1. The van der Waals surface area contributed by atoms with E-state index in [1.165, 1.54) is 4.90 Å². The Morgan fingerprint density at radius 1 is 1.70 bits per heavy atom. The lowest BCUT2D eigenvalue weighted by Crippen LogP contribution is -2.43. The maximum absolute atomic E-state index is 12.5. The van der Waals surface area contributed by atoms with Gasteiger partial charge in [-0.2, -0.15) is 0 Å². The third-order valence-corrected chi connectivity index (χ3v) is 1.68. The van der Waals surface area contributed by atoms with Gasteiger partial charge >= 0.3 is 6.03 Å². The predicted molar refractivity (Wildman–Crippen MR) is 35.3 cm³/mol. The molecule has 4 heteroatoms. The van der Waals surface area contributed by atoms with E-state index in [0.717, 1.165) is 6.42 Å². The van der Waals surface area contributed by atoms with Gasteiger partial charge in [0, 0.05) is 6.54 Å². The van der Waals surface area contributed by atoms with Crippen molar-refractivity contribution >= 4 is 6.03 Å². The van der Waals surface area contributed by atoms with Crippen LogP contribution in [0.5, 0.6) is 0 Å². The van der Waals surface area contributed by atoms with Crippen LogP contribution in [-0.4, -0.2) is 30.2 Å². The summed E-state index contributed by atoms with van der Waals surface area (Å²) in [5.41, 5.74) is 4.95. The highest BCUT2D eigenvalue weighted by molar-refractivity contribution is 5.72. The fourth-order valence-electron chi connectivity index (χ4n) is 1.13. The number of piperidine rings is 1. The lowest BCUT2D eigenvalue weighted by Gasteiger charge is -2.26. The van der Waals surface area contributed by atoms with Crippen molar-refractivity contribution < 1.29 is 9.18 Å². The van der Waals surface area contributed by atoms with E-state index in [1.54, 1.807) is 0 Å². The first kappa shape index (κ1) is 7.31. The molecule has 1 aliphatic rings. The van der Waals surface area contributed by atoms with Crippen LogP contribution < -0.4 is 5.73 Å². The summed E-state index contributed by atoms with van der Waals surface area (Å²) < 4.78 is 12.5. The van der Waals surface area contributed by atoms with Crippen molar-refractivity contribution in [3.63, 3.8) is 0 Å². The molecule has 0 radical (unpaired) electrons. The third-order valence-electron chi connectivity index (χ3n) is 1.68. The zero-order chi connectivity index (χ0) is 7.56. The first-order valence-corrected chi connectivity index (χ1v) is 3.38. The number of alkyl halides is 1. The number of carbonyl (C=O) groups excluding carboxylic acids is 1. The molecule has 1 saturated heterocycles. The van der Waals surface area contributed by atoms with Gasteiger partial charge in [-0.25, -0.2) is 9.18 Å². The molecule has 2 N–H and O–H groups in total. The molecule has 10 heavy (non-hydrogen) atoms. The summed E-state index contributed by atoms with van der Waals surface area (Å²) in [7, 11) is 0. The second-order valence-corrected chi connectivity index (χ2v) is 2.52. The van der Waals surface area contributed by atoms with Gasteiger partial charge < -0.3 is 10.6 Å². The number of nitrogens with zero attached hydrogens (tertiary/aromatic N) is 1. The van der Waals surface area contributed by atoms with Crippen molar-refractivity contribution in [2.75, 3.05) is 13.1 Å². The van der Waals surface area contributed by atoms with Crippen LogP contribution in [0.4, 0.5) is 9.18 Å². The molecule has 3 nitrogen and oxygen atoms in total. The number of nitrogens with two attached hydrogens (primary N) is 1. The first-order chi connectivity index (χ1) is 4.70. The normalized spacial score (nSPS) is 26.5. The minimum atomic E-state index is -0.874. The van der Waals surface area contributed by atoms with Crippen molar-refractivity contribution in [2.45, 2.75) is 19.0 Å². The maximum atomic E-state index is 12.5. The van der Waals surface area contributed by atoms with Gasteiger partial charge in [0.1, 0.15) is 6.17 Å². The van der Waals surface area contributed by atoms with Crippen molar-refractivity contribution in [1.82, 2.24) is 4.90 Å². The number of likely N-dealkylation sites (tertiary alicyclic amines) is 1. The molecule has 1 fully saturated rings. The molecule has 1 atom stereocenters. The molecule has 1 aliphatic heterocycles. The van der Waals surface area contributed by atoms with Crippen LogP contribution in [0.3, 0.4) is 0 Å². The van der Waals surface area contributed by atoms with Crippen LogP contribution in [0.1, 0.15) is 12.8 Å². The number of amides is 2. The summed E-state index contributed by atoms with van der Waals surface area (Å²) in [5.74, 6) is 0. The van der Waals surface area contributed by atoms with Crippen molar-refractivity contribution in [1.29, 1.82) is 0 Å². The summed E-state index contributed by atoms with van der Waals surface area (Å²) in [6, 6.07) is -0.512. The number of hydrogen-bond donors (Lipinski definition) is 1. The smallest absolute Gasteiger partial charge is 0.314 e. The second-order valence-electron chi connectivity index (χ2n) is 2.52. The van der Waals surface area contributed by atoms with Gasteiger partial charge in [0.2, 0.25) is 0 Å². The van der Waals surface area contributed by atoms with E-state index in [4.69, 9.17) is 5.73 Å². The van der Waals surface area contributed by atoms with Crippen molar-refractivity contribution in [3.8, 4) is 0 Å². The fourth-order valence-corrected chi connectivity index (χ4v) is 1.13. The topological polar surface area (TPSA) is 46.3 Å². The molecule has 0 aromatic rings. The second kappa shape index (κ2) is 2.86. The van der Waals surface area contributed by atoms with Gasteiger partial charge in [-0.1, -0.05) is 0 Å². The summed E-state index contributed by atoms with van der Waals surface area (Å²) >= 11 is 0. The van der Waals surface area contributed by atoms with Crippen LogP contribution in [-0.2, 0) is 0 Å². The van der Waals surface area contributed by atoms with E-state index in [1.807, 2.05) is 0 Å². The van der Waals surface area contributed by atoms with Gasteiger partial charge in [0.05, 0.1) is 6.54 Å². The molecule has 1 heterocycles. The number of rotatable bonds is 0. The molecule has 0 aromatic carbocycles. The van der Waals surface area contributed by atoms with Gasteiger partial charge in [-0.05, 0) is 12.8 Å². The molecule has 2 amide bonds. The van der Waals surface area contributed by atoms with Gasteiger partial charge in [0.15, 0.2) is 0 Å². The molecule has 0 bridgehead atoms. The number of hydrogen-bond acceptors (Lipinski definition) is 1. The Kier molecular flexibility index (Phi) is 2.09. The van der Waals surface area contributed by atoms with E-state index in [2.05, 4.69) is 0 Å². The van der Waals surface area contributed by atoms with Crippen LogP contribution >= 0.6 is 0 Å². The van der Waals surface area contributed by atoms with E-state index in [9.17, 15) is 9.18 Å². The van der Waals surface area contributed by atoms with Crippen LogP contribution in [0, 0.1) is 0 Å². The Bertz CT molecular complexity index is 140. The molecule has 0 aliphatic carbocycles. The number of halogens is 1. The third kappa shape index (κ3) is 1.59. The number of carbonyl (C=O) groups is 1. The maximum Gasteiger partial charge on any atom is 0.314 e. The molecular weight excluding hydrogens is 135 g/mol. The summed E-state index contributed by atoms with van der Waals surface area (Å²) in [5, 5.41) is 0. The highest BCUT2D eigenvalue weighted by Crippen LogP contribution is 2.11. The molecule has 58 valence electrons. The Hall–Kier alpha value is -0.800. The number of primary amides is 1. The lowest BCUT2D eigenvalue weighted by molar-refractivity contribution is 0.150. The molecule has 1 rings (SSSR count). The minimum absolute atomic E-state index is 0.176. The first-order valence-electron chi connectivity index (χ1n) is 3.38. The Labute approximate surface area is 59.0 Å². The van der Waals surface area contributed by atoms with Gasteiger partial charge in [-0.15, -0.1) is 0 Å². The molecule has 0 spiro atoms.